The summed E-state index contributed by atoms with van der Waals surface area (Å²) in [6.45, 7) is 0.954. The first kappa shape index (κ1) is 11.5. The summed E-state index contributed by atoms with van der Waals surface area (Å²) < 4.78 is 0. The van der Waals surface area contributed by atoms with Gasteiger partial charge in [0.2, 0.25) is 11.8 Å². The number of carbonyl (C=O) groups excluding carboxylic acids is 2. The number of rotatable bonds is 3. The number of hydrazine groups is 1. The summed E-state index contributed by atoms with van der Waals surface area (Å²) >= 11 is 0. The highest BCUT2D eigenvalue weighted by atomic mass is 16.2. The van der Waals surface area contributed by atoms with Gasteiger partial charge in [0, 0.05) is 12.7 Å². The lowest BCUT2D eigenvalue weighted by Crippen LogP contribution is -2.50. The average Bonchev–Trinajstić information content (AvgIpc) is 2.28. The monoisotopic (exact) mass is 235 g/mol. The van der Waals surface area contributed by atoms with E-state index in [1.807, 2.05) is 6.07 Å². The predicted molar refractivity (Wildman–Crippen MR) is 60.5 cm³/mol. The Kier molecular flexibility index (Phi) is 3.31. The first-order valence-electron chi connectivity index (χ1n) is 5.14. The maximum atomic E-state index is 11.2. The molecule has 7 nitrogen and oxygen atoms in total. The van der Waals surface area contributed by atoms with Gasteiger partial charge in [0.15, 0.2) is 0 Å². The Labute approximate surface area is 98.0 Å². The molecular formula is C10H13N5O2. The maximum absolute atomic E-state index is 11.2. The van der Waals surface area contributed by atoms with E-state index in [1.165, 1.54) is 0 Å². The molecule has 0 aromatic carbocycles. The second kappa shape index (κ2) is 4.89. The molecule has 0 unspecified atom stereocenters. The third-order valence-electron chi connectivity index (χ3n) is 2.39. The summed E-state index contributed by atoms with van der Waals surface area (Å²) in [4.78, 5) is 28.1. The number of aromatic nitrogens is 1. The summed E-state index contributed by atoms with van der Waals surface area (Å²) in [7, 11) is 0. The van der Waals surface area contributed by atoms with E-state index in [4.69, 9.17) is 5.84 Å². The zero-order valence-corrected chi connectivity index (χ0v) is 9.14. The zero-order valence-electron chi connectivity index (χ0n) is 9.14. The molecule has 7 heteroatoms. The molecule has 1 aliphatic rings. The smallest absolute Gasteiger partial charge is 0.240 e. The number of amides is 2. The van der Waals surface area contributed by atoms with Crippen molar-refractivity contribution in [3.63, 3.8) is 0 Å². The number of carbonyl (C=O) groups is 2. The van der Waals surface area contributed by atoms with Crippen molar-refractivity contribution in [3.05, 3.63) is 23.9 Å². The fraction of sp³-hybridized carbons (Fsp3) is 0.300. The van der Waals surface area contributed by atoms with Crippen LogP contribution >= 0.6 is 0 Å². The van der Waals surface area contributed by atoms with Crippen molar-refractivity contribution in [2.45, 2.75) is 6.54 Å². The number of nitrogen functional groups attached to an aromatic ring is 1. The Bertz CT molecular complexity index is 432. The quantitative estimate of drug-likeness (QED) is 0.346. The molecule has 2 amide bonds. The van der Waals surface area contributed by atoms with Crippen molar-refractivity contribution in [2.24, 2.45) is 5.84 Å². The molecule has 1 aromatic rings. The standard InChI is InChI=1S/C10H13N5O2/c11-14-8-3-7(1-2-12-8)4-15-5-9(16)13-10(17)6-15/h1-3H,4-6,11H2,(H,12,14)(H,13,16,17). The van der Waals surface area contributed by atoms with Gasteiger partial charge in [0.05, 0.1) is 13.1 Å². The van der Waals surface area contributed by atoms with Crippen LogP contribution in [0, 0.1) is 0 Å². The molecule has 1 fully saturated rings. The van der Waals surface area contributed by atoms with Crippen LogP contribution in [0.3, 0.4) is 0 Å². The first-order valence-corrected chi connectivity index (χ1v) is 5.14. The molecule has 0 atom stereocenters. The van der Waals surface area contributed by atoms with Gasteiger partial charge in [-0.05, 0) is 17.7 Å². The Balaban J connectivity index is 2.04. The number of pyridine rings is 1. The van der Waals surface area contributed by atoms with Crippen molar-refractivity contribution < 1.29 is 9.59 Å². The molecule has 1 aromatic heterocycles. The lowest BCUT2D eigenvalue weighted by atomic mass is 10.2. The fourth-order valence-corrected chi connectivity index (χ4v) is 1.72. The van der Waals surface area contributed by atoms with Gasteiger partial charge in [-0.3, -0.25) is 19.8 Å². The summed E-state index contributed by atoms with van der Waals surface area (Å²) in [6, 6.07) is 3.59. The minimum absolute atomic E-state index is 0.222. The number of nitrogens with one attached hydrogen (secondary N) is 2. The minimum Gasteiger partial charge on any atom is -0.308 e. The average molecular weight is 235 g/mol. The van der Waals surface area contributed by atoms with Crippen molar-refractivity contribution >= 4 is 17.6 Å². The van der Waals surface area contributed by atoms with E-state index in [0.29, 0.717) is 12.4 Å². The van der Waals surface area contributed by atoms with E-state index in [2.05, 4.69) is 15.7 Å². The Morgan fingerprint density at radius 2 is 2.12 bits per heavy atom. The number of imide groups is 1. The molecule has 0 spiro atoms. The van der Waals surface area contributed by atoms with Crippen LogP contribution in [0.5, 0.6) is 0 Å². The lowest BCUT2D eigenvalue weighted by molar-refractivity contribution is -0.136. The largest absolute Gasteiger partial charge is 0.308 e. The van der Waals surface area contributed by atoms with Gasteiger partial charge < -0.3 is 5.43 Å². The van der Waals surface area contributed by atoms with Crippen LogP contribution in [0.25, 0.3) is 0 Å². The predicted octanol–water partition coefficient (Wildman–Crippen LogP) is -1.17. The van der Waals surface area contributed by atoms with E-state index in [0.717, 1.165) is 5.56 Å². The van der Waals surface area contributed by atoms with E-state index in [9.17, 15) is 9.59 Å². The molecule has 1 saturated heterocycles. The summed E-state index contributed by atoms with van der Waals surface area (Å²) in [6.07, 6.45) is 1.62. The van der Waals surface area contributed by atoms with Crippen molar-refractivity contribution in [3.8, 4) is 0 Å². The van der Waals surface area contributed by atoms with Gasteiger partial charge in [-0.1, -0.05) is 0 Å². The Morgan fingerprint density at radius 1 is 1.41 bits per heavy atom. The van der Waals surface area contributed by atoms with E-state index in [-0.39, 0.29) is 24.9 Å². The molecule has 0 saturated carbocycles. The molecule has 2 heterocycles. The second-order valence-electron chi connectivity index (χ2n) is 3.81. The highest BCUT2D eigenvalue weighted by Crippen LogP contribution is 2.09. The third kappa shape index (κ3) is 2.99. The summed E-state index contributed by atoms with van der Waals surface area (Å²) in [5.41, 5.74) is 3.39. The zero-order chi connectivity index (χ0) is 12.3. The number of nitrogens with two attached hydrogens (primary N) is 1. The summed E-state index contributed by atoms with van der Waals surface area (Å²) in [5.74, 6) is 5.26. The Hall–Kier alpha value is -1.99. The molecule has 0 radical (unpaired) electrons. The normalized spacial score (nSPS) is 16.8. The van der Waals surface area contributed by atoms with Gasteiger partial charge in [-0.25, -0.2) is 10.8 Å². The molecule has 4 N–H and O–H groups in total. The van der Waals surface area contributed by atoms with E-state index in [1.54, 1.807) is 17.2 Å². The second-order valence-corrected chi connectivity index (χ2v) is 3.81. The highest BCUT2D eigenvalue weighted by molar-refractivity contribution is 5.99. The van der Waals surface area contributed by atoms with E-state index >= 15 is 0 Å². The third-order valence-corrected chi connectivity index (χ3v) is 2.39. The number of hydrogen-bond acceptors (Lipinski definition) is 6. The SMILES string of the molecule is NNc1cc(CN2CC(=O)NC(=O)C2)ccn1. The molecule has 2 rings (SSSR count). The molecular weight excluding hydrogens is 222 g/mol. The Morgan fingerprint density at radius 3 is 2.76 bits per heavy atom. The molecule has 0 bridgehead atoms. The number of anilines is 1. The highest BCUT2D eigenvalue weighted by Gasteiger charge is 2.22. The van der Waals surface area contributed by atoms with Crippen molar-refractivity contribution in [1.29, 1.82) is 0 Å². The van der Waals surface area contributed by atoms with E-state index < -0.39 is 0 Å². The number of nitrogens with zero attached hydrogens (tertiary/aromatic N) is 2. The number of piperazine rings is 1. The van der Waals surface area contributed by atoms with Crippen molar-refractivity contribution in [1.82, 2.24) is 15.2 Å². The number of hydrogen-bond donors (Lipinski definition) is 3. The maximum Gasteiger partial charge on any atom is 0.240 e. The first-order chi connectivity index (χ1) is 8.17. The van der Waals surface area contributed by atoms with Gasteiger partial charge in [-0.2, -0.15) is 0 Å². The van der Waals surface area contributed by atoms with Gasteiger partial charge in [-0.15, -0.1) is 0 Å². The van der Waals surface area contributed by atoms with Gasteiger partial charge in [0.25, 0.3) is 0 Å². The van der Waals surface area contributed by atoms with Crippen LogP contribution in [0.2, 0.25) is 0 Å². The summed E-state index contributed by atoms with van der Waals surface area (Å²) in [5, 5.41) is 2.25. The van der Waals surface area contributed by atoms with Gasteiger partial charge in [0.1, 0.15) is 5.82 Å². The van der Waals surface area contributed by atoms with Crippen LogP contribution in [0.4, 0.5) is 5.82 Å². The van der Waals surface area contributed by atoms with Gasteiger partial charge >= 0.3 is 0 Å². The molecule has 1 aliphatic heterocycles. The molecule has 0 aliphatic carbocycles. The van der Waals surface area contributed by atoms with Crippen LogP contribution in [0.15, 0.2) is 18.3 Å². The molecule has 90 valence electrons. The lowest BCUT2D eigenvalue weighted by Gasteiger charge is -2.25. The van der Waals surface area contributed by atoms with Crippen molar-refractivity contribution in [2.75, 3.05) is 18.5 Å². The fourth-order valence-electron chi connectivity index (χ4n) is 1.72. The topological polar surface area (TPSA) is 100 Å². The van der Waals surface area contributed by atoms with Crippen LogP contribution in [-0.4, -0.2) is 34.8 Å². The molecule has 17 heavy (non-hydrogen) atoms. The van der Waals surface area contributed by atoms with Crippen LogP contribution in [0.1, 0.15) is 5.56 Å². The minimum atomic E-state index is -0.271. The van der Waals surface area contributed by atoms with Crippen LogP contribution < -0.4 is 16.6 Å². The van der Waals surface area contributed by atoms with Crippen LogP contribution in [-0.2, 0) is 16.1 Å².